The van der Waals surface area contributed by atoms with Gasteiger partial charge >= 0.3 is 0 Å². The quantitative estimate of drug-likeness (QED) is 0.681. The zero-order valence-corrected chi connectivity index (χ0v) is 13.0. The molecule has 0 spiro atoms. The summed E-state index contributed by atoms with van der Waals surface area (Å²) in [6, 6.07) is 0.567. The van der Waals surface area contributed by atoms with Crippen molar-refractivity contribution in [2.24, 2.45) is 0 Å². The molecule has 0 amide bonds. The normalized spacial score (nSPS) is 24.3. The number of unbranched alkanes of at least 4 members (excludes halogenated alkanes) is 1. The molecule has 0 aromatic heterocycles. The van der Waals surface area contributed by atoms with Gasteiger partial charge in [-0.25, -0.2) is 0 Å². The third-order valence-electron chi connectivity index (χ3n) is 3.89. The highest BCUT2D eigenvalue weighted by atomic mass is 16.5. The smallest absolute Gasteiger partial charge is 0.0900 e. The third kappa shape index (κ3) is 6.70. The monoisotopic (exact) mass is 272 g/mol. The fourth-order valence-electron chi connectivity index (χ4n) is 2.71. The van der Waals surface area contributed by atoms with Crippen molar-refractivity contribution >= 4 is 0 Å². The second-order valence-electron chi connectivity index (χ2n) is 5.76. The molecule has 19 heavy (non-hydrogen) atoms. The van der Waals surface area contributed by atoms with Crippen LogP contribution in [0.1, 0.15) is 39.5 Å². The zero-order chi connectivity index (χ0) is 14.1. The SMILES string of the molecule is CCCCOCC(O)CN1CCCN(C)CC1CC. The van der Waals surface area contributed by atoms with Crippen molar-refractivity contribution in [3.8, 4) is 0 Å². The van der Waals surface area contributed by atoms with Crippen molar-refractivity contribution in [1.29, 1.82) is 0 Å². The highest BCUT2D eigenvalue weighted by Crippen LogP contribution is 2.12. The molecule has 0 aliphatic carbocycles. The van der Waals surface area contributed by atoms with Crippen LogP contribution in [-0.4, -0.2) is 73.5 Å². The van der Waals surface area contributed by atoms with E-state index in [0.29, 0.717) is 12.6 Å². The van der Waals surface area contributed by atoms with Crippen LogP contribution in [-0.2, 0) is 4.74 Å². The molecule has 0 radical (unpaired) electrons. The zero-order valence-electron chi connectivity index (χ0n) is 13.0. The summed E-state index contributed by atoms with van der Waals surface area (Å²) in [5, 5.41) is 10.1. The van der Waals surface area contributed by atoms with Gasteiger partial charge in [0.25, 0.3) is 0 Å². The van der Waals surface area contributed by atoms with E-state index < -0.39 is 0 Å². The first-order valence-corrected chi connectivity index (χ1v) is 7.85. The molecule has 4 nitrogen and oxygen atoms in total. The molecule has 1 heterocycles. The van der Waals surface area contributed by atoms with Gasteiger partial charge in [-0.05, 0) is 39.4 Å². The number of hydrogen-bond donors (Lipinski definition) is 1. The van der Waals surface area contributed by atoms with Crippen LogP contribution in [0.2, 0.25) is 0 Å². The van der Waals surface area contributed by atoms with Gasteiger partial charge in [-0.2, -0.15) is 0 Å². The molecule has 2 unspecified atom stereocenters. The van der Waals surface area contributed by atoms with Crippen LogP contribution < -0.4 is 0 Å². The average molecular weight is 272 g/mol. The third-order valence-corrected chi connectivity index (χ3v) is 3.89. The number of ether oxygens (including phenoxy) is 1. The van der Waals surface area contributed by atoms with E-state index in [-0.39, 0.29) is 6.10 Å². The highest BCUT2D eigenvalue weighted by molar-refractivity contribution is 4.79. The Morgan fingerprint density at radius 1 is 1.32 bits per heavy atom. The maximum Gasteiger partial charge on any atom is 0.0900 e. The first-order valence-electron chi connectivity index (χ1n) is 7.85. The molecule has 1 saturated heterocycles. The first kappa shape index (κ1) is 16.9. The van der Waals surface area contributed by atoms with Crippen LogP contribution >= 0.6 is 0 Å². The summed E-state index contributed by atoms with van der Waals surface area (Å²) in [5.41, 5.74) is 0. The topological polar surface area (TPSA) is 35.9 Å². The summed E-state index contributed by atoms with van der Waals surface area (Å²) in [5.74, 6) is 0. The van der Waals surface area contributed by atoms with Crippen molar-refractivity contribution < 1.29 is 9.84 Å². The number of aliphatic hydroxyl groups excluding tert-OH is 1. The van der Waals surface area contributed by atoms with Crippen molar-refractivity contribution in [1.82, 2.24) is 9.80 Å². The molecule has 1 fully saturated rings. The molecule has 1 N–H and O–H groups in total. The Kier molecular flexibility index (Phi) is 8.62. The maximum absolute atomic E-state index is 10.1. The second-order valence-corrected chi connectivity index (χ2v) is 5.76. The lowest BCUT2D eigenvalue weighted by molar-refractivity contribution is 0.00775. The minimum Gasteiger partial charge on any atom is -0.389 e. The molecule has 0 aromatic rings. The van der Waals surface area contributed by atoms with E-state index in [4.69, 9.17) is 4.74 Å². The Balaban J connectivity index is 2.31. The van der Waals surface area contributed by atoms with Crippen LogP contribution in [0.4, 0.5) is 0 Å². The molecule has 1 aliphatic heterocycles. The van der Waals surface area contributed by atoms with Crippen molar-refractivity contribution in [3.63, 3.8) is 0 Å². The molecule has 114 valence electrons. The molecular formula is C15H32N2O2. The molecule has 0 bridgehead atoms. The van der Waals surface area contributed by atoms with Gasteiger partial charge in [0.2, 0.25) is 0 Å². The Morgan fingerprint density at radius 3 is 2.79 bits per heavy atom. The minimum atomic E-state index is -0.352. The molecule has 2 atom stereocenters. The summed E-state index contributed by atoms with van der Waals surface area (Å²) in [4.78, 5) is 4.84. The molecule has 4 heteroatoms. The lowest BCUT2D eigenvalue weighted by atomic mass is 10.1. The number of nitrogens with zero attached hydrogens (tertiary/aromatic N) is 2. The van der Waals surface area contributed by atoms with Crippen molar-refractivity contribution in [2.45, 2.75) is 51.7 Å². The van der Waals surface area contributed by atoms with Gasteiger partial charge in [0, 0.05) is 25.7 Å². The molecule has 1 aliphatic rings. The van der Waals surface area contributed by atoms with Gasteiger partial charge in [0.1, 0.15) is 0 Å². The van der Waals surface area contributed by atoms with E-state index in [0.717, 1.165) is 52.0 Å². The number of β-amino-alcohol motifs (C(OH)–C–C–N with tert-alkyl or cyclic N) is 1. The summed E-state index contributed by atoms with van der Waals surface area (Å²) < 4.78 is 5.51. The molecular weight excluding hydrogens is 240 g/mol. The van der Waals surface area contributed by atoms with Crippen LogP contribution in [0.25, 0.3) is 0 Å². The predicted octanol–water partition coefficient (Wildman–Crippen LogP) is 1.58. The van der Waals surface area contributed by atoms with E-state index >= 15 is 0 Å². The van der Waals surface area contributed by atoms with Crippen LogP contribution in [0, 0.1) is 0 Å². The fraction of sp³-hybridized carbons (Fsp3) is 1.00. The van der Waals surface area contributed by atoms with Gasteiger partial charge in [-0.1, -0.05) is 20.3 Å². The predicted molar refractivity (Wildman–Crippen MR) is 79.5 cm³/mol. The van der Waals surface area contributed by atoms with Gasteiger partial charge in [-0.3, -0.25) is 4.90 Å². The van der Waals surface area contributed by atoms with E-state index in [2.05, 4.69) is 30.7 Å². The number of likely N-dealkylation sites (N-methyl/N-ethyl adjacent to an activating group) is 1. The van der Waals surface area contributed by atoms with E-state index in [9.17, 15) is 5.11 Å². The van der Waals surface area contributed by atoms with Gasteiger partial charge in [0.05, 0.1) is 12.7 Å². The van der Waals surface area contributed by atoms with Crippen LogP contribution in [0.5, 0.6) is 0 Å². The van der Waals surface area contributed by atoms with Gasteiger partial charge in [0.15, 0.2) is 0 Å². The average Bonchev–Trinajstić information content (AvgIpc) is 2.56. The maximum atomic E-state index is 10.1. The van der Waals surface area contributed by atoms with Crippen LogP contribution in [0.3, 0.4) is 0 Å². The summed E-state index contributed by atoms with van der Waals surface area (Å²) >= 11 is 0. The number of hydrogen-bond acceptors (Lipinski definition) is 4. The van der Waals surface area contributed by atoms with Gasteiger partial charge in [-0.15, -0.1) is 0 Å². The van der Waals surface area contributed by atoms with Gasteiger partial charge < -0.3 is 14.7 Å². The van der Waals surface area contributed by atoms with E-state index in [1.807, 2.05) is 0 Å². The second kappa shape index (κ2) is 9.70. The van der Waals surface area contributed by atoms with Crippen molar-refractivity contribution in [3.05, 3.63) is 0 Å². The summed E-state index contributed by atoms with van der Waals surface area (Å²) in [6.07, 6.45) is 4.21. The van der Waals surface area contributed by atoms with Crippen LogP contribution in [0.15, 0.2) is 0 Å². The molecule has 0 aromatic carbocycles. The summed E-state index contributed by atoms with van der Waals surface area (Å²) in [6.45, 7) is 9.75. The molecule has 1 rings (SSSR count). The largest absolute Gasteiger partial charge is 0.389 e. The molecule has 0 saturated carbocycles. The highest BCUT2D eigenvalue weighted by Gasteiger charge is 2.23. The number of aliphatic hydroxyl groups is 1. The summed E-state index contributed by atoms with van der Waals surface area (Å²) in [7, 11) is 2.19. The lowest BCUT2D eigenvalue weighted by Gasteiger charge is -2.31. The van der Waals surface area contributed by atoms with Crippen molar-refractivity contribution in [2.75, 3.05) is 46.4 Å². The minimum absolute atomic E-state index is 0.352. The van der Waals surface area contributed by atoms with E-state index in [1.54, 1.807) is 0 Å². The van der Waals surface area contributed by atoms with E-state index in [1.165, 1.54) is 6.42 Å². The Bertz CT molecular complexity index is 226. The Labute approximate surface area is 118 Å². The fourth-order valence-corrected chi connectivity index (χ4v) is 2.71. The number of rotatable bonds is 8. The standard InChI is InChI=1S/C15H32N2O2/c1-4-6-10-19-13-15(18)12-17-9-7-8-16(3)11-14(17)5-2/h14-15,18H,4-13H2,1-3H3. The first-order chi connectivity index (χ1) is 9.17. The Morgan fingerprint density at radius 2 is 2.11 bits per heavy atom. The lowest BCUT2D eigenvalue weighted by Crippen LogP contribution is -2.44. The Hall–Kier alpha value is -0.160.